The number of carboxylic acids is 1. The molecule has 0 heterocycles. The van der Waals surface area contributed by atoms with E-state index in [1.165, 1.54) is 0 Å². The number of rotatable bonds is 5. The third-order valence-electron chi connectivity index (χ3n) is 3.67. The van der Waals surface area contributed by atoms with E-state index in [0.717, 1.165) is 16.8 Å². The summed E-state index contributed by atoms with van der Waals surface area (Å²) in [6.45, 7) is 4.05. The number of nitrogens with zero attached hydrogens (tertiary/aromatic N) is 1. The van der Waals surface area contributed by atoms with Gasteiger partial charge in [0.1, 0.15) is 6.04 Å². The second kappa shape index (κ2) is 7.74. The molecule has 23 heavy (non-hydrogen) atoms. The first-order chi connectivity index (χ1) is 11.0. The van der Waals surface area contributed by atoms with Crippen molar-refractivity contribution in [3.8, 4) is 0 Å². The molecule has 2 N–H and O–H groups in total. The summed E-state index contributed by atoms with van der Waals surface area (Å²) in [5, 5.41) is 12.9. The van der Waals surface area contributed by atoms with Gasteiger partial charge in [-0.25, -0.2) is 4.79 Å². The standard InChI is InChI=1S/C18H20N2O2S/c1-13-8-6-7-11-16(13)19-18(23)20(14(2)17(21)22)12-15-9-4-3-5-10-15/h3-11,14H,12H2,1-2H3,(H,19,23)(H,21,22). The van der Waals surface area contributed by atoms with Crippen LogP contribution in [-0.4, -0.2) is 27.1 Å². The molecule has 0 aliphatic rings. The average Bonchev–Trinajstić information content (AvgIpc) is 2.55. The first-order valence-electron chi connectivity index (χ1n) is 7.39. The Balaban J connectivity index is 2.21. The number of hydrogen-bond donors (Lipinski definition) is 2. The van der Waals surface area contributed by atoms with Gasteiger partial charge in [0, 0.05) is 12.2 Å². The van der Waals surface area contributed by atoms with Crippen LogP contribution >= 0.6 is 12.2 Å². The van der Waals surface area contributed by atoms with Crippen molar-refractivity contribution in [1.29, 1.82) is 0 Å². The summed E-state index contributed by atoms with van der Waals surface area (Å²) in [5.41, 5.74) is 2.94. The summed E-state index contributed by atoms with van der Waals surface area (Å²) >= 11 is 5.46. The molecule has 0 saturated heterocycles. The van der Waals surface area contributed by atoms with Crippen LogP contribution in [0.1, 0.15) is 18.1 Å². The van der Waals surface area contributed by atoms with E-state index < -0.39 is 12.0 Å². The highest BCUT2D eigenvalue weighted by Crippen LogP contribution is 2.16. The number of aryl methyl sites for hydroxylation is 1. The largest absolute Gasteiger partial charge is 0.480 e. The maximum Gasteiger partial charge on any atom is 0.326 e. The normalized spacial score (nSPS) is 11.6. The highest BCUT2D eigenvalue weighted by atomic mass is 32.1. The summed E-state index contributed by atoms with van der Waals surface area (Å²) < 4.78 is 0. The number of hydrogen-bond acceptors (Lipinski definition) is 2. The molecule has 2 aromatic rings. The van der Waals surface area contributed by atoms with Crippen molar-refractivity contribution in [3.63, 3.8) is 0 Å². The van der Waals surface area contributed by atoms with E-state index in [2.05, 4.69) is 5.32 Å². The van der Waals surface area contributed by atoms with Crippen molar-refractivity contribution in [3.05, 3.63) is 65.7 Å². The summed E-state index contributed by atoms with van der Waals surface area (Å²) in [5.74, 6) is -0.908. The number of anilines is 1. The molecule has 0 bridgehead atoms. The Kier molecular flexibility index (Phi) is 5.71. The zero-order valence-corrected chi connectivity index (χ0v) is 14.0. The topological polar surface area (TPSA) is 52.6 Å². The molecule has 0 spiro atoms. The molecule has 0 radical (unpaired) electrons. The number of carboxylic acid groups (broad SMARTS) is 1. The van der Waals surface area contributed by atoms with Crippen molar-refractivity contribution in [2.45, 2.75) is 26.4 Å². The fourth-order valence-electron chi connectivity index (χ4n) is 2.20. The molecule has 5 heteroatoms. The van der Waals surface area contributed by atoms with Gasteiger partial charge in [0.05, 0.1) is 0 Å². The molecule has 1 unspecified atom stereocenters. The lowest BCUT2D eigenvalue weighted by molar-refractivity contribution is -0.141. The van der Waals surface area contributed by atoms with Gasteiger partial charge in [0.25, 0.3) is 0 Å². The van der Waals surface area contributed by atoms with Gasteiger partial charge in [-0.3, -0.25) is 0 Å². The Morgan fingerprint density at radius 3 is 2.39 bits per heavy atom. The molecule has 4 nitrogen and oxygen atoms in total. The molecule has 0 aromatic heterocycles. The lowest BCUT2D eigenvalue weighted by Gasteiger charge is -2.29. The summed E-state index contributed by atoms with van der Waals surface area (Å²) in [6.07, 6.45) is 0. The molecule has 0 saturated carbocycles. The molecule has 0 fully saturated rings. The highest BCUT2D eigenvalue weighted by molar-refractivity contribution is 7.80. The predicted molar refractivity (Wildman–Crippen MR) is 96.5 cm³/mol. The molecule has 0 amide bonds. The number of nitrogens with one attached hydrogen (secondary N) is 1. The van der Waals surface area contributed by atoms with Crippen LogP contribution in [0.2, 0.25) is 0 Å². The van der Waals surface area contributed by atoms with Crippen LogP contribution in [0.15, 0.2) is 54.6 Å². The Morgan fingerprint density at radius 1 is 1.17 bits per heavy atom. The van der Waals surface area contributed by atoms with E-state index in [-0.39, 0.29) is 0 Å². The number of para-hydroxylation sites is 1. The molecule has 120 valence electrons. The van der Waals surface area contributed by atoms with Crippen LogP contribution in [0.5, 0.6) is 0 Å². The number of thiocarbonyl (C=S) groups is 1. The van der Waals surface area contributed by atoms with Crippen molar-refractivity contribution in [1.82, 2.24) is 4.90 Å². The Labute approximate surface area is 141 Å². The fraction of sp³-hybridized carbons (Fsp3) is 0.222. The predicted octanol–water partition coefficient (Wildman–Crippen LogP) is 3.67. The third-order valence-corrected chi connectivity index (χ3v) is 4.00. The Hall–Kier alpha value is -2.40. The maximum absolute atomic E-state index is 11.4. The molecular weight excluding hydrogens is 308 g/mol. The van der Waals surface area contributed by atoms with E-state index in [0.29, 0.717) is 11.7 Å². The van der Waals surface area contributed by atoms with Crippen molar-refractivity contribution >= 4 is 29.0 Å². The summed E-state index contributed by atoms with van der Waals surface area (Å²) in [7, 11) is 0. The van der Waals surface area contributed by atoms with Gasteiger partial charge in [0.2, 0.25) is 0 Å². The molecular formula is C18H20N2O2S. The molecule has 2 aromatic carbocycles. The molecule has 1 atom stereocenters. The van der Waals surface area contributed by atoms with E-state index in [9.17, 15) is 9.90 Å². The minimum atomic E-state index is -0.908. The van der Waals surface area contributed by atoms with Gasteiger partial charge in [-0.2, -0.15) is 0 Å². The summed E-state index contributed by atoms with van der Waals surface area (Å²) in [4.78, 5) is 13.1. The molecule has 0 aliphatic carbocycles. The zero-order chi connectivity index (χ0) is 16.8. The molecule has 0 aliphatic heterocycles. The zero-order valence-electron chi connectivity index (χ0n) is 13.2. The first kappa shape index (κ1) is 17.0. The van der Waals surface area contributed by atoms with E-state index >= 15 is 0 Å². The summed E-state index contributed by atoms with van der Waals surface area (Å²) in [6, 6.07) is 16.7. The number of benzene rings is 2. The fourth-order valence-corrected chi connectivity index (χ4v) is 2.53. The Bertz CT molecular complexity index is 688. The SMILES string of the molecule is Cc1ccccc1NC(=S)N(Cc1ccccc1)C(C)C(=O)O. The van der Waals surface area contributed by atoms with Crippen molar-refractivity contribution in [2.24, 2.45) is 0 Å². The van der Waals surface area contributed by atoms with E-state index in [1.54, 1.807) is 11.8 Å². The van der Waals surface area contributed by atoms with Gasteiger partial charge < -0.3 is 15.3 Å². The maximum atomic E-state index is 11.4. The Morgan fingerprint density at radius 2 is 1.78 bits per heavy atom. The van der Waals surface area contributed by atoms with E-state index in [1.807, 2.05) is 61.5 Å². The second-order valence-corrected chi connectivity index (χ2v) is 5.76. The van der Waals surface area contributed by atoms with Crippen LogP contribution in [-0.2, 0) is 11.3 Å². The first-order valence-corrected chi connectivity index (χ1v) is 7.80. The van der Waals surface area contributed by atoms with Gasteiger partial charge in [-0.1, -0.05) is 48.5 Å². The van der Waals surface area contributed by atoms with Crippen LogP contribution in [0.25, 0.3) is 0 Å². The highest BCUT2D eigenvalue weighted by Gasteiger charge is 2.23. The van der Waals surface area contributed by atoms with Crippen LogP contribution in [0, 0.1) is 6.92 Å². The monoisotopic (exact) mass is 328 g/mol. The van der Waals surface area contributed by atoms with Gasteiger partial charge in [-0.15, -0.1) is 0 Å². The minimum Gasteiger partial charge on any atom is -0.480 e. The van der Waals surface area contributed by atoms with Crippen LogP contribution in [0.4, 0.5) is 5.69 Å². The van der Waals surface area contributed by atoms with Crippen molar-refractivity contribution in [2.75, 3.05) is 5.32 Å². The lowest BCUT2D eigenvalue weighted by atomic mass is 10.2. The molecule has 2 rings (SSSR count). The minimum absolute atomic E-state index is 0.401. The lowest BCUT2D eigenvalue weighted by Crippen LogP contribution is -2.44. The van der Waals surface area contributed by atoms with Crippen LogP contribution < -0.4 is 5.32 Å². The smallest absolute Gasteiger partial charge is 0.326 e. The number of aliphatic carboxylic acids is 1. The van der Waals surface area contributed by atoms with Crippen LogP contribution in [0.3, 0.4) is 0 Å². The van der Waals surface area contributed by atoms with Gasteiger partial charge in [0.15, 0.2) is 5.11 Å². The second-order valence-electron chi connectivity index (χ2n) is 5.37. The third kappa shape index (κ3) is 4.53. The average molecular weight is 328 g/mol. The number of carbonyl (C=O) groups is 1. The quantitative estimate of drug-likeness (QED) is 0.820. The van der Waals surface area contributed by atoms with Gasteiger partial charge in [-0.05, 0) is 43.3 Å². The van der Waals surface area contributed by atoms with Crippen molar-refractivity contribution < 1.29 is 9.90 Å². The van der Waals surface area contributed by atoms with E-state index in [4.69, 9.17) is 12.2 Å². The van der Waals surface area contributed by atoms with Gasteiger partial charge >= 0.3 is 5.97 Å².